The van der Waals surface area contributed by atoms with Crippen LogP contribution in [0.2, 0.25) is 0 Å². The molecule has 234 valence electrons. The number of ether oxygens (including phenoxy) is 1. The van der Waals surface area contributed by atoms with Gasteiger partial charge in [-0.15, -0.1) is 0 Å². The molecule has 0 bridgehead atoms. The maximum Gasteiger partial charge on any atom is 0.321 e. The number of methoxy groups -OCH3 is 1. The average Bonchev–Trinajstić information content (AvgIpc) is 3.06. The van der Waals surface area contributed by atoms with Crippen molar-refractivity contribution >= 4 is 44.1 Å². The van der Waals surface area contributed by atoms with Gasteiger partial charge in [-0.2, -0.15) is 10.6 Å². The third-order valence-electron chi connectivity index (χ3n) is 7.54. The first kappa shape index (κ1) is 34.5. The number of unbranched alkanes of at least 4 members (excludes halogenated alkanes) is 1. The molecular formula is C29H43N3O7S3. The molecule has 42 heavy (non-hydrogen) atoms. The van der Waals surface area contributed by atoms with Crippen molar-refractivity contribution in [1.29, 1.82) is 0 Å². The SMILES string of the molecule is CCCC[C@]1(CC)CS(O)(O)c2cc(CN[C@@H](CSSC[C@H](N)C(=O)O)C(=O)O)c(OC)cc2[C@@H](c2ccccc2)N1. The van der Waals surface area contributed by atoms with E-state index in [4.69, 9.17) is 15.6 Å². The number of nitrogens with two attached hydrogens (primary N) is 1. The van der Waals surface area contributed by atoms with Gasteiger partial charge in [0.25, 0.3) is 0 Å². The minimum atomic E-state index is -3.23. The molecule has 1 aliphatic heterocycles. The lowest BCUT2D eigenvalue weighted by molar-refractivity contribution is -0.139. The van der Waals surface area contributed by atoms with E-state index in [-0.39, 0.29) is 29.8 Å². The summed E-state index contributed by atoms with van der Waals surface area (Å²) in [5, 5.41) is 25.6. The van der Waals surface area contributed by atoms with E-state index in [1.165, 1.54) is 28.7 Å². The number of carboxylic acid groups (broad SMARTS) is 2. The summed E-state index contributed by atoms with van der Waals surface area (Å²) in [4.78, 5) is 23.3. The number of carbonyl (C=O) groups is 2. The Balaban J connectivity index is 1.95. The van der Waals surface area contributed by atoms with Crippen LogP contribution in [0.4, 0.5) is 0 Å². The third kappa shape index (κ3) is 8.79. The number of carboxylic acids is 2. The van der Waals surface area contributed by atoms with Gasteiger partial charge in [-0.05, 0) is 30.5 Å². The molecule has 1 heterocycles. The molecule has 10 nitrogen and oxygen atoms in total. The van der Waals surface area contributed by atoms with Crippen molar-refractivity contribution in [2.75, 3.05) is 24.4 Å². The molecule has 0 fully saturated rings. The molecule has 0 aliphatic carbocycles. The van der Waals surface area contributed by atoms with Crippen LogP contribution < -0.4 is 21.1 Å². The molecule has 1 aliphatic rings. The molecule has 2 aromatic carbocycles. The Kier molecular flexibility index (Phi) is 12.9. The highest BCUT2D eigenvalue weighted by Gasteiger charge is 2.42. The summed E-state index contributed by atoms with van der Waals surface area (Å²) >= 11 is 0. The minimum Gasteiger partial charge on any atom is -0.496 e. The van der Waals surface area contributed by atoms with Gasteiger partial charge in [0.2, 0.25) is 0 Å². The molecule has 4 atom stereocenters. The molecule has 13 heteroatoms. The number of fused-ring (bicyclic) bond motifs is 1. The van der Waals surface area contributed by atoms with Crippen LogP contribution in [-0.4, -0.2) is 73.2 Å². The first-order valence-electron chi connectivity index (χ1n) is 13.9. The predicted octanol–water partition coefficient (Wildman–Crippen LogP) is 5.17. The summed E-state index contributed by atoms with van der Waals surface area (Å²) in [6.45, 7) is 4.31. The lowest BCUT2D eigenvalue weighted by atomic mass is 9.88. The van der Waals surface area contributed by atoms with Gasteiger partial charge in [0.15, 0.2) is 0 Å². The first-order valence-corrected chi connectivity index (χ1v) is 18.2. The fraction of sp³-hybridized carbons (Fsp3) is 0.517. The van der Waals surface area contributed by atoms with Crippen LogP contribution in [0.15, 0.2) is 47.4 Å². The van der Waals surface area contributed by atoms with Crippen molar-refractivity contribution in [2.45, 2.75) is 74.6 Å². The van der Waals surface area contributed by atoms with E-state index < -0.39 is 40.2 Å². The number of hydrogen-bond donors (Lipinski definition) is 7. The molecule has 8 N–H and O–H groups in total. The lowest BCUT2D eigenvalue weighted by Crippen LogP contribution is -2.49. The highest BCUT2D eigenvalue weighted by Crippen LogP contribution is 2.58. The van der Waals surface area contributed by atoms with Crippen LogP contribution >= 0.6 is 32.2 Å². The summed E-state index contributed by atoms with van der Waals surface area (Å²) in [6.07, 6.45) is 3.45. The zero-order valence-corrected chi connectivity index (χ0v) is 26.7. The molecule has 0 radical (unpaired) electrons. The van der Waals surface area contributed by atoms with E-state index in [9.17, 15) is 23.8 Å². The zero-order chi connectivity index (χ0) is 30.9. The lowest BCUT2D eigenvalue weighted by Gasteiger charge is -2.42. The Bertz CT molecular complexity index is 1200. The van der Waals surface area contributed by atoms with E-state index in [0.29, 0.717) is 16.2 Å². The predicted molar refractivity (Wildman–Crippen MR) is 172 cm³/mol. The quantitative estimate of drug-likeness (QED) is 0.0947. The largest absolute Gasteiger partial charge is 0.496 e. The molecule has 0 saturated carbocycles. The highest BCUT2D eigenvalue weighted by molar-refractivity contribution is 8.76. The second-order valence-corrected chi connectivity index (χ2v) is 15.1. The fourth-order valence-corrected chi connectivity index (χ4v) is 9.60. The maximum absolute atomic E-state index is 12.0. The van der Waals surface area contributed by atoms with E-state index in [1.807, 2.05) is 36.4 Å². The van der Waals surface area contributed by atoms with Crippen LogP contribution in [0, 0.1) is 0 Å². The number of rotatable bonds is 16. The van der Waals surface area contributed by atoms with Gasteiger partial charge >= 0.3 is 11.9 Å². The molecule has 3 rings (SSSR count). The van der Waals surface area contributed by atoms with Crippen LogP contribution in [0.1, 0.15) is 62.3 Å². The Morgan fingerprint density at radius 3 is 2.43 bits per heavy atom. The van der Waals surface area contributed by atoms with Crippen molar-refractivity contribution in [2.24, 2.45) is 5.73 Å². The van der Waals surface area contributed by atoms with Crippen LogP contribution in [0.25, 0.3) is 0 Å². The average molecular weight is 642 g/mol. The van der Waals surface area contributed by atoms with E-state index >= 15 is 0 Å². The summed E-state index contributed by atoms with van der Waals surface area (Å²) < 4.78 is 29.1. The Labute approximate surface area is 257 Å². The van der Waals surface area contributed by atoms with E-state index in [0.717, 1.165) is 36.8 Å². The summed E-state index contributed by atoms with van der Waals surface area (Å²) in [5.74, 6) is -1.15. The summed E-state index contributed by atoms with van der Waals surface area (Å²) in [6, 6.07) is 11.2. The second kappa shape index (κ2) is 15.7. The molecule has 0 aromatic heterocycles. The Hall–Kier alpha value is -1.97. The highest BCUT2D eigenvalue weighted by atomic mass is 33.1. The van der Waals surface area contributed by atoms with Crippen molar-refractivity contribution in [3.05, 3.63) is 59.2 Å². The molecule has 0 unspecified atom stereocenters. The van der Waals surface area contributed by atoms with Crippen molar-refractivity contribution in [3.8, 4) is 5.75 Å². The molecule has 0 spiro atoms. The van der Waals surface area contributed by atoms with Crippen molar-refractivity contribution in [1.82, 2.24) is 10.6 Å². The smallest absolute Gasteiger partial charge is 0.321 e. The molecule has 2 aromatic rings. The molecule has 0 saturated heterocycles. The van der Waals surface area contributed by atoms with Gasteiger partial charge in [-0.1, -0.05) is 78.6 Å². The maximum atomic E-state index is 12.0. The zero-order valence-electron chi connectivity index (χ0n) is 24.2. The number of benzene rings is 2. The normalized spacial score (nSPS) is 21.9. The molecule has 0 amide bonds. The first-order chi connectivity index (χ1) is 20.0. The van der Waals surface area contributed by atoms with E-state index in [1.54, 1.807) is 6.07 Å². The number of hydrogen-bond acceptors (Lipinski definition) is 10. The van der Waals surface area contributed by atoms with Crippen molar-refractivity contribution < 1.29 is 33.6 Å². The van der Waals surface area contributed by atoms with Crippen LogP contribution in [0.3, 0.4) is 0 Å². The Morgan fingerprint density at radius 1 is 1.14 bits per heavy atom. The third-order valence-corrected chi connectivity index (χ3v) is 12.0. The standard InChI is InChI=1S/C29H43N3O7S3/c1-4-6-12-29(5-2)18-42(37,38)25-13-20(15-31-23(28(35)36)17-41-40-16-22(30)27(33)34)24(39-3)14-21(25)26(32-29)19-10-8-7-9-11-19/h7-11,13-14,22-23,26,31-32,37-38H,4-6,12,15-18,30H2,1-3H3,(H,33,34)(H,35,36)/t22-,23-,26+,29+/m0/s1. The van der Waals surface area contributed by atoms with Gasteiger partial charge in [0.1, 0.15) is 17.8 Å². The fourth-order valence-electron chi connectivity index (χ4n) is 5.05. The second-order valence-electron chi connectivity index (χ2n) is 10.5. The van der Waals surface area contributed by atoms with Crippen molar-refractivity contribution in [3.63, 3.8) is 0 Å². The summed E-state index contributed by atoms with van der Waals surface area (Å²) in [7, 11) is 0.734. The van der Waals surface area contributed by atoms with Gasteiger partial charge < -0.3 is 20.7 Å². The minimum absolute atomic E-state index is 0.112. The van der Waals surface area contributed by atoms with Gasteiger partial charge in [-0.3, -0.25) is 29.3 Å². The van der Waals surface area contributed by atoms with Gasteiger partial charge in [0, 0.05) is 34.7 Å². The number of aliphatic carboxylic acids is 2. The Morgan fingerprint density at radius 2 is 1.83 bits per heavy atom. The van der Waals surface area contributed by atoms with Gasteiger partial charge in [0.05, 0.1) is 23.8 Å². The number of nitrogens with one attached hydrogen (secondary N) is 2. The van der Waals surface area contributed by atoms with Crippen LogP contribution in [0.5, 0.6) is 5.75 Å². The van der Waals surface area contributed by atoms with E-state index in [2.05, 4.69) is 24.5 Å². The van der Waals surface area contributed by atoms with Gasteiger partial charge in [-0.25, -0.2) is 0 Å². The monoisotopic (exact) mass is 641 g/mol. The summed E-state index contributed by atoms with van der Waals surface area (Å²) in [5.41, 5.74) is 7.37. The topological polar surface area (TPSA) is 174 Å². The molecular weight excluding hydrogens is 599 g/mol. The van der Waals surface area contributed by atoms with Crippen LogP contribution in [-0.2, 0) is 16.1 Å².